The van der Waals surface area contributed by atoms with Crippen LogP contribution in [0.4, 0.5) is 0 Å². The molecule has 0 bridgehead atoms. The number of hydrogen-bond acceptors (Lipinski definition) is 1. The van der Waals surface area contributed by atoms with E-state index in [9.17, 15) is 4.79 Å². The van der Waals surface area contributed by atoms with Crippen LogP contribution in [0.2, 0.25) is 15.1 Å². The standard InChI is InChI=1S/C12H8Cl3NO/c13-6-3-7(14)12-10(11(6)15)9(17)4-8(16-12)5-1-2-5/h3-5H,1-2H2,(H,16,17). The van der Waals surface area contributed by atoms with Crippen molar-refractivity contribution in [1.82, 2.24) is 4.98 Å². The molecule has 5 heteroatoms. The van der Waals surface area contributed by atoms with Crippen LogP contribution in [0, 0.1) is 0 Å². The predicted molar refractivity (Wildman–Crippen MR) is 71.6 cm³/mol. The number of nitrogens with one attached hydrogen (secondary N) is 1. The first-order valence-electron chi connectivity index (χ1n) is 5.28. The summed E-state index contributed by atoms with van der Waals surface area (Å²) in [7, 11) is 0. The van der Waals surface area contributed by atoms with E-state index in [2.05, 4.69) is 4.98 Å². The van der Waals surface area contributed by atoms with Crippen molar-refractivity contribution in [3.63, 3.8) is 0 Å². The maximum atomic E-state index is 12.0. The Bertz CT molecular complexity index is 673. The van der Waals surface area contributed by atoms with Gasteiger partial charge in [0.05, 0.1) is 26.0 Å². The van der Waals surface area contributed by atoms with Crippen LogP contribution in [0.25, 0.3) is 10.9 Å². The van der Waals surface area contributed by atoms with Crippen LogP contribution in [0.5, 0.6) is 0 Å². The molecule has 1 saturated carbocycles. The molecule has 0 amide bonds. The largest absolute Gasteiger partial charge is 0.357 e. The molecule has 2 nitrogen and oxygen atoms in total. The van der Waals surface area contributed by atoms with Gasteiger partial charge in [-0.2, -0.15) is 0 Å². The van der Waals surface area contributed by atoms with Crippen molar-refractivity contribution in [1.29, 1.82) is 0 Å². The van der Waals surface area contributed by atoms with Crippen LogP contribution in [0.15, 0.2) is 16.9 Å². The summed E-state index contributed by atoms with van der Waals surface area (Å²) in [5.41, 5.74) is 1.38. The summed E-state index contributed by atoms with van der Waals surface area (Å²) in [6, 6.07) is 3.15. The average Bonchev–Trinajstić information content (AvgIpc) is 3.09. The summed E-state index contributed by atoms with van der Waals surface area (Å²) in [6.45, 7) is 0. The van der Waals surface area contributed by atoms with Gasteiger partial charge < -0.3 is 4.98 Å². The van der Waals surface area contributed by atoms with Crippen molar-refractivity contribution in [3.05, 3.63) is 43.1 Å². The summed E-state index contributed by atoms with van der Waals surface area (Å²) in [5, 5.41) is 1.35. The van der Waals surface area contributed by atoms with Crippen molar-refractivity contribution in [3.8, 4) is 0 Å². The lowest BCUT2D eigenvalue weighted by atomic mass is 10.1. The van der Waals surface area contributed by atoms with E-state index in [4.69, 9.17) is 34.8 Å². The fourth-order valence-electron chi connectivity index (χ4n) is 1.96. The van der Waals surface area contributed by atoms with Gasteiger partial charge in [0.2, 0.25) is 0 Å². The molecular weight excluding hydrogens is 280 g/mol. The van der Waals surface area contributed by atoms with Gasteiger partial charge in [0.15, 0.2) is 5.43 Å². The van der Waals surface area contributed by atoms with E-state index in [1.165, 1.54) is 0 Å². The quantitative estimate of drug-likeness (QED) is 0.777. The molecule has 1 heterocycles. The first-order valence-corrected chi connectivity index (χ1v) is 6.41. The van der Waals surface area contributed by atoms with Crippen molar-refractivity contribution < 1.29 is 0 Å². The predicted octanol–water partition coefficient (Wildman–Crippen LogP) is 4.37. The van der Waals surface area contributed by atoms with E-state index in [0.717, 1.165) is 18.5 Å². The third kappa shape index (κ3) is 1.85. The van der Waals surface area contributed by atoms with Crippen LogP contribution in [0.3, 0.4) is 0 Å². The minimum Gasteiger partial charge on any atom is -0.357 e. The van der Waals surface area contributed by atoms with E-state index in [0.29, 0.717) is 26.9 Å². The number of aromatic amines is 1. The Balaban J connectivity index is 2.42. The van der Waals surface area contributed by atoms with Crippen LogP contribution >= 0.6 is 34.8 Å². The highest BCUT2D eigenvalue weighted by atomic mass is 35.5. The van der Waals surface area contributed by atoms with Crippen LogP contribution in [-0.2, 0) is 0 Å². The summed E-state index contributed by atoms with van der Waals surface area (Å²) in [6.07, 6.45) is 2.22. The maximum absolute atomic E-state index is 12.0. The van der Waals surface area contributed by atoms with E-state index >= 15 is 0 Å². The van der Waals surface area contributed by atoms with Gasteiger partial charge in [-0.05, 0) is 24.8 Å². The second-order valence-corrected chi connectivity index (χ2v) is 5.46. The molecule has 1 N–H and O–H groups in total. The molecule has 0 aliphatic heterocycles. The average molecular weight is 289 g/mol. The summed E-state index contributed by atoms with van der Waals surface area (Å²) < 4.78 is 0. The van der Waals surface area contributed by atoms with Gasteiger partial charge in [0.1, 0.15) is 0 Å². The zero-order chi connectivity index (χ0) is 12.2. The third-order valence-corrected chi connectivity index (χ3v) is 4.08. The third-order valence-electron chi connectivity index (χ3n) is 2.99. The molecule has 1 aromatic heterocycles. The lowest BCUT2D eigenvalue weighted by Gasteiger charge is -2.07. The molecule has 17 heavy (non-hydrogen) atoms. The van der Waals surface area contributed by atoms with E-state index in [1.807, 2.05) is 0 Å². The van der Waals surface area contributed by atoms with Crippen molar-refractivity contribution in [2.75, 3.05) is 0 Å². The molecule has 0 unspecified atom stereocenters. The summed E-state index contributed by atoms with van der Waals surface area (Å²) in [4.78, 5) is 15.2. The normalized spacial score (nSPS) is 15.5. The Hall–Kier alpha value is -0.700. The summed E-state index contributed by atoms with van der Waals surface area (Å²) in [5.74, 6) is 0.456. The lowest BCUT2D eigenvalue weighted by Crippen LogP contribution is -2.05. The molecule has 3 rings (SSSR count). The second-order valence-electron chi connectivity index (χ2n) is 4.27. The van der Waals surface area contributed by atoms with Crippen LogP contribution in [-0.4, -0.2) is 4.98 Å². The molecule has 0 spiro atoms. The first kappa shape index (κ1) is 11.4. The minimum absolute atomic E-state index is 0.130. The van der Waals surface area contributed by atoms with Gasteiger partial charge in [0.25, 0.3) is 0 Å². The molecule has 1 aromatic carbocycles. The number of pyridine rings is 1. The second kappa shape index (κ2) is 3.91. The monoisotopic (exact) mass is 287 g/mol. The van der Waals surface area contributed by atoms with Crippen LogP contribution in [0.1, 0.15) is 24.5 Å². The first-order chi connectivity index (χ1) is 8.08. The number of halogens is 3. The van der Waals surface area contributed by atoms with Gasteiger partial charge in [-0.25, -0.2) is 0 Å². The highest BCUT2D eigenvalue weighted by molar-refractivity contribution is 6.47. The Kier molecular flexibility index (Phi) is 2.62. The van der Waals surface area contributed by atoms with Crippen molar-refractivity contribution in [2.24, 2.45) is 0 Å². The number of H-pyrrole nitrogens is 1. The molecule has 1 fully saturated rings. The highest BCUT2D eigenvalue weighted by Crippen LogP contribution is 2.40. The number of aromatic nitrogens is 1. The molecule has 88 valence electrons. The number of rotatable bonds is 1. The topological polar surface area (TPSA) is 32.9 Å². The Morgan fingerprint density at radius 2 is 1.82 bits per heavy atom. The van der Waals surface area contributed by atoms with E-state index in [-0.39, 0.29) is 10.5 Å². The Morgan fingerprint density at radius 1 is 1.12 bits per heavy atom. The van der Waals surface area contributed by atoms with Gasteiger partial charge in [-0.15, -0.1) is 0 Å². The van der Waals surface area contributed by atoms with E-state index < -0.39 is 0 Å². The maximum Gasteiger partial charge on any atom is 0.191 e. The highest BCUT2D eigenvalue weighted by Gasteiger charge is 2.25. The number of hydrogen-bond donors (Lipinski definition) is 1. The van der Waals surface area contributed by atoms with Gasteiger partial charge >= 0.3 is 0 Å². The minimum atomic E-state index is -0.130. The van der Waals surface area contributed by atoms with Gasteiger partial charge in [0, 0.05) is 11.8 Å². The zero-order valence-corrected chi connectivity index (χ0v) is 11.0. The molecule has 0 atom stereocenters. The Labute approximate surface area is 112 Å². The molecule has 0 radical (unpaired) electrons. The molecule has 1 aliphatic rings. The number of fused-ring (bicyclic) bond motifs is 1. The fraction of sp³-hybridized carbons (Fsp3) is 0.250. The van der Waals surface area contributed by atoms with Crippen molar-refractivity contribution >= 4 is 45.7 Å². The Morgan fingerprint density at radius 3 is 2.47 bits per heavy atom. The number of benzene rings is 1. The zero-order valence-electron chi connectivity index (χ0n) is 8.69. The smallest absolute Gasteiger partial charge is 0.191 e. The van der Waals surface area contributed by atoms with Crippen molar-refractivity contribution in [2.45, 2.75) is 18.8 Å². The fourth-order valence-corrected chi connectivity index (χ4v) is 2.71. The molecule has 2 aromatic rings. The molecule has 1 aliphatic carbocycles. The molecule has 0 saturated heterocycles. The van der Waals surface area contributed by atoms with Gasteiger partial charge in [-0.3, -0.25) is 4.79 Å². The SMILES string of the molecule is O=c1cc(C2CC2)[nH]c2c(Cl)cc(Cl)c(Cl)c12. The van der Waals surface area contributed by atoms with Crippen LogP contribution < -0.4 is 5.43 Å². The lowest BCUT2D eigenvalue weighted by molar-refractivity contribution is 1.04. The summed E-state index contributed by atoms with van der Waals surface area (Å²) >= 11 is 18.0. The molecular formula is C12H8Cl3NO. The van der Waals surface area contributed by atoms with Gasteiger partial charge in [-0.1, -0.05) is 34.8 Å². The van der Waals surface area contributed by atoms with E-state index in [1.54, 1.807) is 12.1 Å².